The largest absolute Gasteiger partial charge is 0.477 e. The average molecular weight is 386 g/mol. The third-order valence-corrected chi connectivity index (χ3v) is 4.69. The maximum absolute atomic E-state index is 12.3. The molecule has 3 atom stereocenters. The Balaban J connectivity index is 0.00000169. The highest BCUT2D eigenvalue weighted by molar-refractivity contribution is 6.32. The first-order valence-corrected chi connectivity index (χ1v) is 7.85. The fraction of sp³-hybridized carbons (Fsp3) is 0.312. The van der Waals surface area contributed by atoms with Gasteiger partial charge < -0.3 is 27.1 Å². The molecule has 2 amide bonds. The Kier molecular flexibility index (Phi) is 6.87. The highest BCUT2D eigenvalue weighted by Crippen LogP contribution is 2.38. The summed E-state index contributed by atoms with van der Waals surface area (Å²) in [5.74, 6) is -2.20. The molecule has 0 aromatic heterocycles. The second kappa shape index (κ2) is 8.28. The van der Waals surface area contributed by atoms with Gasteiger partial charge in [0, 0.05) is 5.03 Å². The Morgan fingerprint density at radius 2 is 1.88 bits per heavy atom. The van der Waals surface area contributed by atoms with Crippen LogP contribution in [-0.4, -0.2) is 50.8 Å². The van der Waals surface area contributed by atoms with Crippen LogP contribution in [0.25, 0.3) is 0 Å². The highest BCUT2D eigenvalue weighted by Gasteiger charge is 2.53. The SMILES string of the molecule is NC(C(=O)NC1C(=O)N2C(C(=O)O)=C(Cl)CCC12)c1ccccc1.O.O. The number of rotatable bonds is 4. The molecule has 1 aromatic carbocycles. The van der Waals surface area contributed by atoms with E-state index < -0.39 is 35.9 Å². The smallest absolute Gasteiger partial charge is 0.353 e. The number of nitrogens with one attached hydrogen (secondary N) is 1. The minimum absolute atomic E-state index is 0. The van der Waals surface area contributed by atoms with Crippen molar-refractivity contribution in [3.05, 3.63) is 46.6 Å². The number of allylic oxidation sites excluding steroid dienone is 1. The van der Waals surface area contributed by atoms with Gasteiger partial charge in [0.05, 0.1) is 6.04 Å². The first-order chi connectivity index (χ1) is 11.4. The monoisotopic (exact) mass is 385 g/mol. The molecule has 2 heterocycles. The van der Waals surface area contributed by atoms with Gasteiger partial charge in [-0.05, 0) is 18.4 Å². The molecule has 0 saturated carbocycles. The fourth-order valence-corrected chi connectivity index (χ4v) is 3.35. The van der Waals surface area contributed by atoms with Gasteiger partial charge in [-0.25, -0.2) is 4.79 Å². The van der Waals surface area contributed by atoms with E-state index in [-0.39, 0.29) is 21.7 Å². The lowest BCUT2D eigenvalue weighted by molar-refractivity contribution is -0.156. The summed E-state index contributed by atoms with van der Waals surface area (Å²) >= 11 is 5.92. The minimum Gasteiger partial charge on any atom is -0.477 e. The fourth-order valence-electron chi connectivity index (χ4n) is 3.07. The molecule has 0 aliphatic carbocycles. The van der Waals surface area contributed by atoms with Gasteiger partial charge >= 0.3 is 5.97 Å². The normalized spacial score (nSPS) is 22.2. The van der Waals surface area contributed by atoms with Crippen LogP contribution in [0.15, 0.2) is 41.1 Å². The van der Waals surface area contributed by atoms with Crippen molar-refractivity contribution in [3.8, 4) is 0 Å². The van der Waals surface area contributed by atoms with E-state index in [1.54, 1.807) is 24.3 Å². The van der Waals surface area contributed by atoms with Crippen molar-refractivity contribution < 1.29 is 30.4 Å². The lowest BCUT2D eigenvalue weighted by Gasteiger charge is -2.49. The maximum atomic E-state index is 12.3. The Bertz CT molecular complexity index is 739. The van der Waals surface area contributed by atoms with Gasteiger partial charge in [-0.2, -0.15) is 0 Å². The van der Waals surface area contributed by atoms with Crippen LogP contribution in [0, 0.1) is 0 Å². The van der Waals surface area contributed by atoms with E-state index in [1.165, 1.54) is 0 Å². The number of hydrogen-bond donors (Lipinski definition) is 3. The second-order valence-electron chi connectivity index (χ2n) is 5.75. The van der Waals surface area contributed by atoms with Crippen LogP contribution in [0.2, 0.25) is 0 Å². The molecule has 1 saturated heterocycles. The minimum atomic E-state index is -1.25. The Morgan fingerprint density at radius 1 is 1.27 bits per heavy atom. The van der Waals surface area contributed by atoms with Gasteiger partial charge in [0.25, 0.3) is 5.91 Å². The Hall–Kier alpha value is -2.46. The number of nitrogens with zero attached hydrogens (tertiary/aromatic N) is 1. The van der Waals surface area contributed by atoms with Crippen LogP contribution in [0.4, 0.5) is 0 Å². The molecule has 142 valence electrons. The molecular formula is C16H20ClN3O6. The molecular weight excluding hydrogens is 366 g/mol. The summed E-state index contributed by atoms with van der Waals surface area (Å²) in [6, 6.07) is 6.74. The number of nitrogens with two attached hydrogens (primary N) is 1. The number of carbonyl (C=O) groups is 3. The van der Waals surface area contributed by atoms with Gasteiger partial charge in [0.1, 0.15) is 17.8 Å². The van der Waals surface area contributed by atoms with Crippen molar-refractivity contribution in [3.63, 3.8) is 0 Å². The highest BCUT2D eigenvalue weighted by atomic mass is 35.5. The summed E-state index contributed by atoms with van der Waals surface area (Å²) in [6.45, 7) is 0. The third kappa shape index (κ3) is 3.56. The van der Waals surface area contributed by atoms with Crippen LogP contribution in [0.3, 0.4) is 0 Å². The molecule has 9 nitrogen and oxygen atoms in total. The summed E-state index contributed by atoms with van der Waals surface area (Å²) in [7, 11) is 0. The molecule has 8 N–H and O–H groups in total. The number of halogens is 1. The molecule has 2 aliphatic rings. The number of carbonyl (C=O) groups excluding carboxylic acids is 2. The van der Waals surface area contributed by atoms with Crippen LogP contribution >= 0.6 is 11.6 Å². The zero-order valence-electron chi connectivity index (χ0n) is 13.6. The van der Waals surface area contributed by atoms with E-state index in [9.17, 15) is 19.5 Å². The summed E-state index contributed by atoms with van der Waals surface area (Å²) in [5.41, 5.74) is 6.35. The summed E-state index contributed by atoms with van der Waals surface area (Å²) in [5, 5.41) is 12.0. The number of benzene rings is 1. The van der Waals surface area contributed by atoms with Crippen molar-refractivity contribution in [2.75, 3.05) is 0 Å². The number of β-lactam (4-membered cyclic amide) rings is 1. The first kappa shape index (κ1) is 21.6. The summed E-state index contributed by atoms with van der Waals surface area (Å²) in [4.78, 5) is 37.0. The maximum Gasteiger partial charge on any atom is 0.353 e. The van der Waals surface area contributed by atoms with Crippen molar-refractivity contribution in [1.29, 1.82) is 0 Å². The van der Waals surface area contributed by atoms with Crippen LogP contribution in [0.5, 0.6) is 0 Å². The van der Waals surface area contributed by atoms with Crippen molar-refractivity contribution >= 4 is 29.4 Å². The lowest BCUT2D eigenvalue weighted by Crippen LogP contribution is -2.72. The summed E-state index contributed by atoms with van der Waals surface area (Å²) < 4.78 is 0. The molecule has 1 fully saturated rings. The predicted molar refractivity (Wildman–Crippen MR) is 92.9 cm³/mol. The van der Waals surface area contributed by atoms with Crippen molar-refractivity contribution in [1.82, 2.24) is 10.2 Å². The number of aliphatic carboxylic acids is 1. The molecule has 0 radical (unpaired) electrons. The number of hydrogen-bond acceptors (Lipinski definition) is 4. The summed E-state index contributed by atoms with van der Waals surface area (Å²) in [6.07, 6.45) is 0.849. The molecule has 10 heteroatoms. The van der Waals surface area contributed by atoms with Crippen LogP contribution in [0.1, 0.15) is 24.4 Å². The van der Waals surface area contributed by atoms with E-state index in [0.29, 0.717) is 18.4 Å². The number of fused-ring (bicyclic) bond motifs is 1. The Morgan fingerprint density at radius 3 is 2.46 bits per heavy atom. The molecule has 2 aliphatic heterocycles. The second-order valence-corrected chi connectivity index (χ2v) is 6.20. The average Bonchev–Trinajstić information content (AvgIpc) is 2.59. The first-order valence-electron chi connectivity index (χ1n) is 7.47. The quantitative estimate of drug-likeness (QED) is 0.565. The van der Waals surface area contributed by atoms with E-state index in [0.717, 1.165) is 4.90 Å². The number of carboxylic acids is 1. The number of carboxylic acid groups (broad SMARTS) is 1. The standard InChI is InChI=1S/C16H16ClN3O4.2H2O/c17-9-6-7-10-12(15(22)20(10)13(9)16(23)24)19-14(21)11(18)8-4-2-1-3-5-8;;/h1-5,10-12H,6-7,18H2,(H,19,21)(H,23,24);2*1H2. The molecule has 0 spiro atoms. The zero-order chi connectivity index (χ0) is 17.4. The van der Waals surface area contributed by atoms with E-state index in [1.807, 2.05) is 6.07 Å². The van der Waals surface area contributed by atoms with Gasteiger partial charge in [0.2, 0.25) is 5.91 Å². The lowest BCUT2D eigenvalue weighted by atomic mass is 9.86. The predicted octanol–water partition coefficient (Wildman–Crippen LogP) is -0.939. The van der Waals surface area contributed by atoms with Crippen LogP contribution in [-0.2, 0) is 14.4 Å². The van der Waals surface area contributed by atoms with Gasteiger partial charge in [0.15, 0.2) is 0 Å². The Labute approximate surface area is 154 Å². The van der Waals surface area contributed by atoms with Gasteiger partial charge in [-0.1, -0.05) is 41.9 Å². The van der Waals surface area contributed by atoms with Crippen LogP contribution < -0.4 is 11.1 Å². The molecule has 3 unspecified atom stereocenters. The molecule has 3 rings (SSSR count). The third-order valence-electron chi connectivity index (χ3n) is 4.32. The van der Waals surface area contributed by atoms with Gasteiger partial charge in [-0.15, -0.1) is 0 Å². The molecule has 26 heavy (non-hydrogen) atoms. The van der Waals surface area contributed by atoms with E-state index in [2.05, 4.69) is 5.32 Å². The van der Waals surface area contributed by atoms with Crippen molar-refractivity contribution in [2.24, 2.45) is 5.73 Å². The molecule has 0 bridgehead atoms. The number of amides is 2. The van der Waals surface area contributed by atoms with Crippen molar-refractivity contribution in [2.45, 2.75) is 31.0 Å². The van der Waals surface area contributed by atoms with E-state index >= 15 is 0 Å². The van der Waals surface area contributed by atoms with Gasteiger partial charge in [-0.3, -0.25) is 14.5 Å². The topological polar surface area (TPSA) is 176 Å². The zero-order valence-corrected chi connectivity index (χ0v) is 14.4. The molecule has 1 aromatic rings. The van der Waals surface area contributed by atoms with E-state index in [4.69, 9.17) is 17.3 Å².